The molecule has 0 radical (unpaired) electrons. The molecule has 2 heterocycles. The molecule has 0 aliphatic carbocycles. The molecule has 1 saturated heterocycles. The van der Waals surface area contributed by atoms with Crippen LogP contribution in [-0.2, 0) is 11.3 Å². The minimum Gasteiger partial charge on any atom is -0.377 e. The number of hydrogen-bond donors (Lipinski definition) is 1. The van der Waals surface area contributed by atoms with Gasteiger partial charge in [-0.25, -0.2) is 0 Å². The van der Waals surface area contributed by atoms with E-state index in [4.69, 9.17) is 9.26 Å². The summed E-state index contributed by atoms with van der Waals surface area (Å²) in [5.74, 6) is 2.02. The van der Waals surface area contributed by atoms with E-state index in [1.807, 2.05) is 0 Å². The number of piperidine rings is 1. The Bertz CT molecular complexity index is 313. The van der Waals surface area contributed by atoms with Crippen molar-refractivity contribution in [2.75, 3.05) is 13.7 Å². The highest BCUT2D eigenvalue weighted by atomic mass is 16.5. The maximum absolute atomic E-state index is 5.20. The smallest absolute Gasteiger partial charge is 0.243 e. The number of hydrogen-bond acceptors (Lipinski definition) is 5. The molecule has 0 bridgehead atoms. The van der Waals surface area contributed by atoms with E-state index < -0.39 is 0 Å². The summed E-state index contributed by atoms with van der Waals surface area (Å²) in [5, 5.41) is 7.24. The van der Waals surface area contributed by atoms with Crippen molar-refractivity contribution in [1.82, 2.24) is 15.5 Å². The number of nitrogens with zero attached hydrogens (tertiary/aromatic N) is 2. The lowest BCUT2D eigenvalue weighted by atomic mass is 9.94. The first-order valence-electron chi connectivity index (χ1n) is 5.34. The van der Waals surface area contributed by atoms with Crippen LogP contribution in [0.15, 0.2) is 4.52 Å². The molecule has 2 atom stereocenters. The zero-order valence-corrected chi connectivity index (χ0v) is 9.19. The summed E-state index contributed by atoms with van der Waals surface area (Å²) >= 11 is 0. The second-order valence-corrected chi connectivity index (χ2v) is 4.12. The monoisotopic (exact) mass is 211 g/mol. The number of nitrogens with one attached hydrogen (secondary N) is 1. The first-order valence-corrected chi connectivity index (χ1v) is 5.34. The molecule has 1 fully saturated rings. The van der Waals surface area contributed by atoms with Crippen LogP contribution < -0.4 is 5.32 Å². The molecular formula is C10H17N3O2. The average molecular weight is 211 g/mol. The fourth-order valence-electron chi connectivity index (χ4n) is 1.89. The molecule has 5 heteroatoms. The first kappa shape index (κ1) is 10.6. The van der Waals surface area contributed by atoms with Crippen LogP contribution in [0.25, 0.3) is 0 Å². The highest BCUT2D eigenvalue weighted by molar-refractivity contribution is 4.94. The van der Waals surface area contributed by atoms with E-state index in [2.05, 4.69) is 22.4 Å². The van der Waals surface area contributed by atoms with Gasteiger partial charge in [0.15, 0.2) is 5.82 Å². The molecule has 0 amide bonds. The van der Waals surface area contributed by atoms with Crippen LogP contribution in [0, 0.1) is 5.92 Å². The Balaban J connectivity index is 2.01. The second-order valence-electron chi connectivity index (χ2n) is 4.12. The number of methoxy groups -OCH3 is 1. The molecule has 2 rings (SSSR count). The molecule has 0 aromatic carbocycles. The van der Waals surface area contributed by atoms with Crippen molar-refractivity contribution in [1.29, 1.82) is 0 Å². The van der Waals surface area contributed by atoms with Gasteiger partial charge in [-0.3, -0.25) is 0 Å². The molecule has 1 aromatic heterocycles. The molecule has 2 unspecified atom stereocenters. The van der Waals surface area contributed by atoms with E-state index >= 15 is 0 Å². The van der Waals surface area contributed by atoms with E-state index in [1.165, 1.54) is 6.42 Å². The topological polar surface area (TPSA) is 60.2 Å². The van der Waals surface area contributed by atoms with E-state index in [0.717, 1.165) is 13.0 Å². The number of aromatic nitrogens is 2. The highest BCUT2D eigenvalue weighted by Crippen LogP contribution is 2.25. The van der Waals surface area contributed by atoms with E-state index in [1.54, 1.807) is 7.11 Å². The van der Waals surface area contributed by atoms with Crippen LogP contribution in [0.5, 0.6) is 0 Å². The number of ether oxygens (including phenoxy) is 1. The van der Waals surface area contributed by atoms with Gasteiger partial charge in [0.05, 0.1) is 6.04 Å². The number of rotatable bonds is 3. The van der Waals surface area contributed by atoms with Crippen molar-refractivity contribution >= 4 is 0 Å². The van der Waals surface area contributed by atoms with Crippen molar-refractivity contribution in [2.24, 2.45) is 5.92 Å². The van der Waals surface area contributed by atoms with Gasteiger partial charge < -0.3 is 14.6 Å². The summed E-state index contributed by atoms with van der Waals surface area (Å²) in [6.45, 7) is 3.68. The third-order valence-electron chi connectivity index (χ3n) is 2.72. The lowest BCUT2D eigenvalue weighted by Crippen LogP contribution is -2.30. The van der Waals surface area contributed by atoms with Crippen LogP contribution in [0.4, 0.5) is 0 Å². The Morgan fingerprint density at radius 2 is 2.47 bits per heavy atom. The predicted molar refractivity (Wildman–Crippen MR) is 54.2 cm³/mol. The minimum absolute atomic E-state index is 0.215. The third-order valence-corrected chi connectivity index (χ3v) is 2.72. The van der Waals surface area contributed by atoms with Crippen LogP contribution in [0.3, 0.4) is 0 Å². The summed E-state index contributed by atoms with van der Waals surface area (Å²) in [4.78, 5) is 4.29. The van der Waals surface area contributed by atoms with Gasteiger partial charge in [0, 0.05) is 7.11 Å². The van der Waals surface area contributed by atoms with Crippen molar-refractivity contribution < 1.29 is 9.26 Å². The highest BCUT2D eigenvalue weighted by Gasteiger charge is 2.24. The molecule has 15 heavy (non-hydrogen) atoms. The molecule has 0 saturated carbocycles. The quantitative estimate of drug-likeness (QED) is 0.816. The Labute approximate surface area is 89.2 Å². The summed E-state index contributed by atoms with van der Waals surface area (Å²) < 4.78 is 10.1. The molecule has 1 aliphatic rings. The van der Waals surface area contributed by atoms with Gasteiger partial charge in [-0.2, -0.15) is 4.98 Å². The molecule has 1 N–H and O–H groups in total. The lowest BCUT2D eigenvalue weighted by molar-refractivity contribution is 0.174. The Morgan fingerprint density at radius 3 is 3.20 bits per heavy atom. The predicted octanol–water partition coefficient (Wildman–Crippen LogP) is 1.28. The van der Waals surface area contributed by atoms with Gasteiger partial charge in [-0.1, -0.05) is 12.1 Å². The fourth-order valence-corrected chi connectivity index (χ4v) is 1.89. The molecular weight excluding hydrogens is 194 g/mol. The zero-order valence-electron chi connectivity index (χ0n) is 9.19. The largest absolute Gasteiger partial charge is 0.377 e. The maximum Gasteiger partial charge on any atom is 0.243 e. The van der Waals surface area contributed by atoms with Crippen molar-refractivity contribution in [3.05, 3.63) is 11.7 Å². The molecule has 0 spiro atoms. The standard InChI is InChI=1S/C10H17N3O2/c1-7-3-4-11-8(5-7)10-12-9(6-14-2)13-15-10/h7-8,11H,3-6H2,1-2H3. The van der Waals surface area contributed by atoms with Gasteiger partial charge in [0.2, 0.25) is 5.89 Å². The SMILES string of the molecule is COCc1noc(C2CC(C)CCN2)n1. The van der Waals surface area contributed by atoms with Gasteiger partial charge >= 0.3 is 0 Å². The molecule has 5 nitrogen and oxygen atoms in total. The zero-order chi connectivity index (χ0) is 10.7. The Hall–Kier alpha value is -0.940. The lowest BCUT2D eigenvalue weighted by Gasteiger charge is -2.25. The summed E-state index contributed by atoms with van der Waals surface area (Å²) in [5.41, 5.74) is 0. The van der Waals surface area contributed by atoms with Crippen LogP contribution in [-0.4, -0.2) is 23.8 Å². The molecule has 1 aromatic rings. The van der Waals surface area contributed by atoms with E-state index in [0.29, 0.717) is 24.2 Å². The van der Waals surface area contributed by atoms with Gasteiger partial charge in [0.1, 0.15) is 6.61 Å². The van der Waals surface area contributed by atoms with Crippen LogP contribution in [0.2, 0.25) is 0 Å². The van der Waals surface area contributed by atoms with Gasteiger partial charge in [-0.15, -0.1) is 0 Å². The Morgan fingerprint density at radius 1 is 1.60 bits per heavy atom. The van der Waals surface area contributed by atoms with E-state index in [-0.39, 0.29) is 6.04 Å². The maximum atomic E-state index is 5.20. The molecule has 1 aliphatic heterocycles. The third kappa shape index (κ3) is 2.54. The normalized spacial score (nSPS) is 26.8. The van der Waals surface area contributed by atoms with Crippen molar-refractivity contribution in [2.45, 2.75) is 32.4 Å². The van der Waals surface area contributed by atoms with Gasteiger partial charge in [0.25, 0.3) is 0 Å². The first-order chi connectivity index (χ1) is 7.29. The average Bonchev–Trinajstić information content (AvgIpc) is 2.67. The van der Waals surface area contributed by atoms with E-state index in [9.17, 15) is 0 Å². The fraction of sp³-hybridized carbons (Fsp3) is 0.800. The summed E-state index contributed by atoms with van der Waals surface area (Å²) in [6, 6.07) is 0.215. The Kier molecular flexibility index (Phi) is 3.33. The second kappa shape index (κ2) is 4.72. The minimum atomic E-state index is 0.215. The van der Waals surface area contributed by atoms with Crippen molar-refractivity contribution in [3.8, 4) is 0 Å². The van der Waals surface area contributed by atoms with Crippen molar-refractivity contribution in [3.63, 3.8) is 0 Å². The summed E-state index contributed by atoms with van der Waals surface area (Å²) in [7, 11) is 1.62. The van der Waals surface area contributed by atoms with Crippen LogP contribution >= 0.6 is 0 Å². The van der Waals surface area contributed by atoms with Gasteiger partial charge in [-0.05, 0) is 25.3 Å². The summed E-state index contributed by atoms with van der Waals surface area (Å²) in [6.07, 6.45) is 2.28. The van der Waals surface area contributed by atoms with Crippen LogP contribution in [0.1, 0.15) is 37.5 Å². The molecule has 84 valence electrons.